The third kappa shape index (κ3) is 4.63. The van der Waals surface area contributed by atoms with Gasteiger partial charge in [-0.25, -0.2) is 4.79 Å². The van der Waals surface area contributed by atoms with Gasteiger partial charge in [0.25, 0.3) is 11.8 Å². The number of rotatable bonds is 6. The summed E-state index contributed by atoms with van der Waals surface area (Å²) in [5, 5.41) is 11.4. The van der Waals surface area contributed by atoms with Crippen molar-refractivity contribution in [2.24, 2.45) is 0 Å². The van der Waals surface area contributed by atoms with E-state index in [1.54, 1.807) is 47.4 Å². The van der Waals surface area contributed by atoms with Crippen LogP contribution >= 0.6 is 0 Å². The van der Waals surface area contributed by atoms with Crippen molar-refractivity contribution in [3.63, 3.8) is 0 Å². The summed E-state index contributed by atoms with van der Waals surface area (Å²) in [6.45, 7) is 0.965. The third-order valence-corrected chi connectivity index (χ3v) is 4.26. The van der Waals surface area contributed by atoms with E-state index in [4.69, 9.17) is 9.84 Å². The van der Waals surface area contributed by atoms with Crippen LogP contribution in [0.2, 0.25) is 0 Å². The van der Waals surface area contributed by atoms with Gasteiger partial charge in [0, 0.05) is 18.7 Å². The molecule has 0 atom stereocenters. The highest BCUT2D eigenvalue weighted by atomic mass is 16.5. The second kappa shape index (κ2) is 8.35. The highest BCUT2D eigenvalue weighted by Gasteiger charge is 2.22. The molecule has 0 bridgehead atoms. The molecule has 2 amide bonds. The van der Waals surface area contributed by atoms with Crippen molar-refractivity contribution < 1.29 is 24.2 Å². The van der Waals surface area contributed by atoms with Gasteiger partial charge in [0.15, 0.2) is 6.61 Å². The molecule has 27 heavy (non-hydrogen) atoms. The Morgan fingerprint density at radius 3 is 2.52 bits per heavy atom. The predicted molar refractivity (Wildman–Crippen MR) is 99.1 cm³/mol. The number of hydrogen-bond acceptors (Lipinski definition) is 4. The molecule has 0 aromatic heterocycles. The van der Waals surface area contributed by atoms with Gasteiger partial charge in [-0.1, -0.05) is 18.2 Å². The van der Waals surface area contributed by atoms with E-state index < -0.39 is 18.5 Å². The monoisotopic (exact) mass is 368 g/mol. The fourth-order valence-corrected chi connectivity index (χ4v) is 2.94. The molecule has 7 nitrogen and oxygen atoms in total. The SMILES string of the molecule is O=C(O)COc1cccc(C(=O)Nc2ccccc2C(=O)N2CCCC2)c1. The van der Waals surface area contributed by atoms with Crippen molar-refractivity contribution >= 4 is 23.5 Å². The first-order valence-electron chi connectivity index (χ1n) is 8.69. The van der Waals surface area contributed by atoms with E-state index in [0.717, 1.165) is 25.9 Å². The van der Waals surface area contributed by atoms with E-state index in [1.807, 2.05) is 0 Å². The molecule has 1 aliphatic heterocycles. The van der Waals surface area contributed by atoms with Crippen LogP contribution in [0.3, 0.4) is 0 Å². The number of hydrogen-bond donors (Lipinski definition) is 2. The normalized spacial score (nSPS) is 13.3. The van der Waals surface area contributed by atoms with Gasteiger partial charge in [0.1, 0.15) is 5.75 Å². The van der Waals surface area contributed by atoms with Crippen LogP contribution in [0, 0.1) is 0 Å². The number of carbonyl (C=O) groups excluding carboxylic acids is 2. The van der Waals surface area contributed by atoms with Gasteiger partial charge >= 0.3 is 5.97 Å². The van der Waals surface area contributed by atoms with Crippen LogP contribution in [0.25, 0.3) is 0 Å². The number of carboxylic acids is 1. The second-order valence-corrected chi connectivity index (χ2v) is 6.21. The molecule has 0 aliphatic carbocycles. The summed E-state index contributed by atoms with van der Waals surface area (Å²) in [6.07, 6.45) is 1.98. The molecule has 2 N–H and O–H groups in total. The van der Waals surface area contributed by atoms with Crippen molar-refractivity contribution in [3.05, 3.63) is 59.7 Å². The zero-order valence-corrected chi connectivity index (χ0v) is 14.7. The summed E-state index contributed by atoms with van der Waals surface area (Å²) in [4.78, 5) is 37.7. The van der Waals surface area contributed by atoms with Crippen LogP contribution < -0.4 is 10.1 Å². The van der Waals surface area contributed by atoms with Gasteiger partial charge in [-0.2, -0.15) is 0 Å². The maximum absolute atomic E-state index is 12.7. The van der Waals surface area contributed by atoms with E-state index in [-0.39, 0.29) is 11.7 Å². The topological polar surface area (TPSA) is 95.9 Å². The van der Waals surface area contributed by atoms with Gasteiger partial charge in [0.2, 0.25) is 0 Å². The van der Waals surface area contributed by atoms with Gasteiger partial charge in [-0.3, -0.25) is 9.59 Å². The van der Waals surface area contributed by atoms with Gasteiger partial charge < -0.3 is 20.1 Å². The van der Waals surface area contributed by atoms with Crippen molar-refractivity contribution in [2.75, 3.05) is 25.0 Å². The minimum absolute atomic E-state index is 0.0954. The molecular formula is C20H20N2O5. The van der Waals surface area contributed by atoms with Gasteiger partial charge in [0.05, 0.1) is 11.3 Å². The number of amides is 2. The molecule has 7 heteroatoms. The molecule has 3 rings (SSSR count). The van der Waals surface area contributed by atoms with Crippen molar-refractivity contribution in [2.45, 2.75) is 12.8 Å². The fraction of sp³-hybridized carbons (Fsp3) is 0.250. The highest BCUT2D eigenvalue weighted by molar-refractivity contribution is 6.09. The maximum Gasteiger partial charge on any atom is 0.341 e. The molecule has 140 valence electrons. The summed E-state index contributed by atoms with van der Waals surface area (Å²) >= 11 is 0. The zero-order valence-electron chi connectivity index (χ0n) is 14.7. The summed E-state index contributed by atoms with van der Waals surface area (Å²) in [7, 11) is 0. The first kappa shape index (κ1) is 18.4. The number of carboxylic acid groups (broad SMARTS) is 1. The lowest BCUT2D eigenvalue weighted by Crippen LogP contribution is -2.28. The van der Waals surface area contributed by atoms with Crippen molar-refractivity contribution in [3.8, 4) is 5.75 Å². The zero-order chi connectivity index (χ0) is 19.2. The van der Waals surface area contributed by atoms with E-state index in [1.165, 1.54) is 6.07 Å². The lowest BCUT2D eigenvalue weighted by Gasteiger charge is -2.18. The van der Waals surface area contributed by atoms with Crippen LogP contribution in [-0.4, -0.2) is 47.5 Å². The maximum atomic E-state index is 12.7. The van der Waals surface area contributed by atoms with Gasteiger partial charge in [-0.15, -0.1) is 0 Å². The Kier molecular flexibility index (Phi) is 5.71. The molecule has 0 radical (unpaired) electrons. The first-order valence-corrected chi connectivity index (χ1v) is 8.69. The molecule has 0 unspecified atom stereocenters. The first-order chi connectivity index (χ1) is 13.0. The summed E-state index contributed by atoms with van der Waals surface area (Å²) in [5.41, 5.74) is 1.20. The number of para-hydroxylation sites is 1. The average molecular weight is 368 g/mol. The molecule has 1 saturated heterocycles. The van der Waals surface area contributed by atoms with E-state index in [2.05, 4.69) is 5.32 Å². The van der Waals surface area contributed by atoms with Crippen molar-refractivity contribution in [1.82, 2.24) is 4.90 Å². The Labute approximate surface area is 156 Å². The number of likely N-dealkylation sites (tertiary alicyclic amines) is 1. The standard InChI is InChI=1S/C20H20N2O5/c23-18(24)13-27-15-7-5-6-14(12-15)19(25)21-17-9-2-1-8-16(17)20(26)22-10-3-4-11-22/h1-2,5-9,12H,3-4,10-11,13H2,(H,21,25)(H,23,24). The lowest BCUT2D eigenvalue weighted by molar-refractivity contribution is -0.139. The van der Waals surface area contributed by atoms with E-state index in [9.17, 15) is 14.4 Å². The van der Waals surface area contributed by atoms with Crippen LogP contribution in [-0.2, 0) is 4.79 Å². The van der Waals surface area contributed by atoms with Crippen LogP contribution in [0.15, 0.2) is 48.5 Å². The molecule has 2 aromatic carbocycles. The molecule has 0 spiro atoms. The number of ether oxygens (including phenoxy) is 1. The average Bonchev–Trinajstić information content (AvgIpc) is 3.21. The molecule has 2 aromatic rings. The van der Waals surface area contributed by atoms with E-state index in [0.29, 0.717) is 16.8 Å². The summed E-state index contributed by atoms with van der Waals surface area (Å²) < 4.78 is 5.10. The number of carbonyl (C=O) groups is 3. The van der Waals surface area contributed by atoms with Crippen LogP contribution in [0.1, 0.15) is 33.6 Å². The third-order valence-electron chi connectivity index (χ3n) is 4.26. The lowest BCUT2D eigenvalue weighted by atomic mass is 10.1. The Morgan fingerprint density at radius 2 is 1.78 bits per heavy atom. The molecule has 1 aliphatic rings. The molecule has 0 saturated carbocycles. The predicted octanol–water partition coefficient (Wildman–Crippen LogP) is 2.64. The summed E-state index contributed by atoms with van der Waals surface area (Å²) in [6, 6.07) is 13.1. The number of nitrogens with zero attached hydrogens (tertiary/aromatic N) is 1. The smallest absolute Gasteiger partial charge is 0.341 e. The highest BCUT2D eigenvalue weighted by Crippen LogP contribution is 2.21. The number of benzene rings is 2. The Hall–Kier alpha value is -3.35. The number of nitrogens with one attached hydrogen (secondary N) is 1. The minimum Gasteiger partial charge on any atom is -0.482 e. The van der Waals surface area contributed by atoms with Crippen molar-refractivity contribution in [1.29, 1.82) is 0 Å². The van der Waals surface area contributed by atoms with Crippen LogP contribution in [0.5, 0.6) is 5.75 Å². The molecular weight excluding hydrogens is 348 g/mol. The number of aliphatic carboxylic acids is 1. The molecule has 1 heterocycles. The fourth-order valence-electron chi connectivity index (χ4n) is 2.94. The quantitative estimate of drug-likeness (QED) is 0.817. The number of anilines is 1. The Balaban J connectivity index is 1.75. The largest absolute Gasteiger partial charge is 0.482 e. The molecule has 1 fully saturated rings. The Bertz CT molecular complexity index is 859. The van der Waals surface area contributed by atoms with Crippen LogP contribution in [0.4, 0.5) is 5.69 Å². The summed E-state index contributed by atoms with van der Waals surface area (Å²) in [5.74, 6) is -1.31. The second-order valence-electron chi connectivity index (χ2n) is 6.21. The van der Waals surface area contributed by atoms with Gasteiger partial charge in [-0.05, 0) is 43.2 Å². The Morgan fingerprint density at radius 1 is 1.04 bits per heavy atom. The van der Waals surface area contributed by atoms with E-state index >= 15 is 0 Å². The minimum atomic E-state index is -1.10.